The maximum atomic E-state index is 12.7. The summed E-state index contributed by atoms with van der Waals surface area (Å²) in [6, 6.07) is 0. The second kappa shape index (κ2) is 29.3. The summed E-state index contributed by atoms with van der Waals surface area (Å²) in [4.78, 5) is 98.9. The number of anilines is 1. The molecule has 0 aromatic carbocycles. The third-order valence-electron chi connectivity index (χ3n) is 10.4. The first-order valence-electron chi connectivity index (χ1n) is 22.3. The summed E-state index contributed by atoms with van der Waals surface area (Å²) in [5, 5.41) is 35.2. The van der Waals surface area contributed by atoms with Gasteiger partial charge in [-0.3, -0.25) is 37.3 Å². The van der Waals surface area contributed by atoms with Gasteiger partial charge in [-0.25, -0.2) is 28.6 Å². The number of phosphoric acid groups is 3. The molecule has 0 saturated carbocycles. The minimum atomic E-state index is -5.58. The molecule has 3 rings (SSSR count). The van der Waals surface area contributed by atoms with Gasteiger partial charge in [0.25, 0.3) is 0 Å². The molecule has 3 heterocycles. The molecule has 0 aliphatic carbocycles. The fraction of sp³-hybridized carbons (Fsp3) is 0.718. The molecule has 11 N–H and O–H groups in total. The number of ether oxygens (including phenoxy) is 1. The van der Waals surface area contributed by atoms with Crippen LogP contribution in [0.3, 0.4) is 0 Å². The number of hydrogen-bond donors (Lipinski definition) is 10. The highest BCUT2D eigenvalue weighted by molar-refractivity contribution is 8.13. The number of carbonyl (C=O) groups is 4. The van der Waals surface area contributed by atoms with Crippen molar-refractivity contribution in [2.75, 3.05) is 37.8 Å². The van der Waals surface area contributed by atoms with E-state index in [0.717, 1.165) is 106 Å². The van der Waals surface area contributed by atoms with Crippen LogP contribution in [-0.2, 0) is 55.5 Å². The largest absolute Gasteiger partial charge is 0.481 e. The van der Waals surface area contributed by atoms with Crippen molar-refractivity contribution in [3.05, 3.63) is 24.8 Å². The number of carboxylic acid groups (broad SMARTS) is 1. The number of carboxylic acids is 1. The molecule has 2 amide bonds. The second-order valence-corrected chi connectivity index (χ2v) is 22.2. The van der Waals surface area contributed by atoms with Gasteiger partial charge in [-0.15, -0.1) is 0 Å². The molecule has 7 unspecified atom stereocenters. The number of hydrogen-bond acceptors (Lipinski definition) is 19. The lowest BCUT2D eigenvalue weighted by molar-refractivity contribution is -0.137. The van der Waals surface area contributed by atoms with Crippen LogP contribution in [0.5, 0.6) is 0 Å². The van der Waals surface area contributed by atoms with Crippen molar-refractivity contribution in [3.63, 3.8) is 0 Å². The van der Waals surface area contributed by atoms with Crippen LogP contribution in [0.15, 0.2) is 24.8 Å². The summed E-state index contributed by atoms with van der Waals surface area (Å²) in [6.45, 7) is 0.498. The van der Waals surface area contributed by atoms with Crippen molar-refractivity contribution in [3.8, 4) is 0 Å². The van der Waals surface area contributed by atoms with Crippen molar-refractivity contribution >= 4 is 75.1 Å². The van der Waals surface area contributed by atoms with Gasteiger partial charge in [-0.1, -0.05) is 76.3 Å². The lowest BCUT2D eigenvalue weighted by atomic mass is 9.87. The van der Waals surface area contributed by atoms with Gasteiger partial charge in [0.1, 0.15) is 36.3 Å². The SMILES string of the molecule is CC(C)(COP(=O)(O)OP(=O)(O)OCC1OC(n2cnc3c(N)ncnc32)C(O)C1OP(=O)(O)O)C(O)C(=O)NCCC(=O)NCCSC(=O)CCCCCCC/C=C/CCCCCCCC(=O)O. The molecule has 1 fully saturated rings. The molecule has 7 atom stereocenters. The van der Waals surface area contributed by atoms with E-state index in [4.69, 9.17) is 24.6 Å². The zero-order valence-electron chi connectivity index (χ0n) is 38.5. The van der Waals surface area contributed by atoms with E-state index in [-0.39, 0.29) is 48.0 Å². The summed E-state index contributed by atoms with van der Waals surface area (Å²) in [6.07, 6.45) is 10.2. The van der Waals surface area contributed by atoms with Crippen LogP contribution < -0.4 is 16.4 Å². The number of carbonyl (C=O) groups excluding carboxylic acids is 3. The first-order valence-corrected chi connectivity index (χ1v) is 27.8. The Labute approximate surface area is 403 Å². The van der Waals surface area contributed by atoms with Crippen LogP contribution >= 0.6 is 35.2 Å². The number of nitrogens with one attached hydrogen (secondary N) is 2. The third-order valence-corrected chi connectivity index (χ3v) is 14.5. The van der Waals surface area contributed by atoms with E-state index in [1.807, 2.05) is 0 Å². The average Bonchev–Trinajstić information content (AvgIpc) is 3.82. The van der Waals surface area contributed by atoms with Gasteiger partial charge < -0.3 is 56.0 Å². The molecule has 1 aliphatic heterocycles. The summed E-state index contributed by atoms with van der Waals surface area (Å²) in [7, 11) is -16.4. The molecular weight excluding hydrogens is 995 g/mol. The molecule has 2 aromatic heterocycles. The number of phosphoric ester groups is 3. The van der Waals surface area contributed by atoms with Crippen LogP contribution in [0.25, 0.3) is 11.2 Å². The van der Waals surface area contributed by atoms with Gasteiger partial charge in [0.2, 0.25) is 11.8 Å². The summed E-state index contributed by atoms with van der Waals surface area (Å²) < 4.78 is 62.4. The minimum Gasteiger partial charge on any atom is -0.481 e. The van der Waals surface area contributed by atoms with Crippen molar-refractivity contribution < 1.29 is 90.4 Å². The van der Waals surface area contributed by atoms with Crippen LogP contribution in [0, 0.1) is 5.41 Å². The number of aliphatic hydroxyl groups is 2. The Morgan fingerprint density at radius 1 is 0.870 bits per heavy atom. The first kappa shape index (κ1) is 60.1. The number of amides is 2. The number of imidazole rings is 1. The van der Waals surface area contributed by atoms with E-state index >= 15 is 0 Å². The monoisotopic (exact) mass is 1060 g/mol. The normalized spacial score (nSPS) is 19.9. The number of fused-ring (bicyclic) bond motifs is 1. The second-order valence-electron chi connectivity index (χ2n) is 16.8. The summed E-state index contributed by atoms with van der Waals surface area (Å²) in [5.41, 5.74) is 4.26. The number of thioether (sulfide) groups is 1. The standard InChI is InChI=1S/C39H66N7O19P3S/c1-39(2,34(52)37(53)42-20-19-28(47)41-21-22-69-30(50)18-16-14-12-10-8-6-4-3-5-7-9-11-13-15-17-29(48)49)24-62-68(59,60)65-67(57,58)61-23-27-33(64-66(54,55)56)32(51)38(63-27)46-26-45-31-35(40)43-25-44-36(31)46/h3-4,25-27,32-34,38,51-52H,5-24H2,1-2H3,(H,41,47)(H,42,53)(H,48,49)(H,57,58)(H,59,60)(H2,40,43,44)(H2,54,55,56)/b4-3+. The lowest BCUT2D eigenvalue weighted by Crippen LogP contribution is -2.46. The number of allylic oxidation sites excluding steroid dienone is 2. The number of aliphatic hydroxyl groups excluding tert-OH is 2. The maximum Gasteiger partial charge on any atom is 0.481 e. The van der Waals surface area contributed by atoms with Crippen molar-refractivity contribution in [2.45, 2.75) is 141 Å². The smallest absolute Gasteiger partial charge is 0.481 e. The molecule has 1 saturated heterocycles. The predicted octanol–water partition coefficient (Wildman–Crippen LogP) is 3.77. The molecule has 0 bridgehead atoms. The number of rotatable bonds is 35. The van der Waals surface area contributed by atoms with E-state index in [1.54, 1.807) is 0 Å². The zero-order chi connectivity index (χ0) is 51.3. The molecule has 0 radical (unpaired) electrons. The zero-order valence-corrected chi connectivity index (χ0v) is 42.0. The maximum absolute atomic E-state index is 12.7. The number of nitrogens with zero attached hydrogens (tertiary/aromatic N) is 4. The highest BCUT2D eigenvalue weighted by Crippen LogP contribution is 2.61. The van der Waals surface area contributed by atoms with Gasteiger partial charge in [0.05, 0.1) is 19.5 Å². The Morgan fingerprint density at radius 2 is 1.48 bits per heavy atom. The lowest BCUT2D eigenvalue weighted by Gasteiger charge is -2.30. The fourth-order valence-electron chi connectivity index (χ4n) is 6.73. The Balaban J connectivity index is 1.28. The summed E-state index contributed by atoms with van der Waals surface area (Å²) >= 11 is 1.13. The Kier molecular flexibility index (Phi) is 25.5. The minimum absolute atomic E-state index is 0.0278. The predicted molar refractivity (Wildman–Crippen MR) is 249 cm³/mol. The summed E-state index contributed by atoms with van der Waals surface area (Å²) in [5.74, 6) is -1.82. The van der Waals surface area contributed by atoms with Gasteiger partial charge >= 0.3 is 29.4 Å². The number of unbranched alkanes of at least 4 members (excludes halogenated alkanes) is 10. The fourth-order valence-corrected chi connectivity index (χ4v) is 10.3. The number of aromatic nitrogens is 4. The molecule has 2 aromatic rings. The Hall–Kier alpha value is -3.23. The third kappa shape index (κ3) is 22.8. The van der Waals surface area contributed by atoms with Crippen LogP contribution in [0.1, 0.15) is 116 Å². The highest BCUT2D eigenvalue weighted by atomic mass is 32.2. The van der Waals surface area contributed by atoms with Gasteiger partial charge in [0.15, 0.2) is 22.8 Å². The van der Waals surface area contributed by atoms with E-state index in [1.165, 1.54) is 13.8 Å². The molecule has 69 heavy (non-hydrogen) atoms. The number of aliphatic carboxylic acids is 1. The quantitative estimate of drug-likeness (QED) is 0.0267. The van der Waals surface area contributed by atoms with Crippen LogP contribution in [0.4, 0.5) is 5.82 Å². The van der Waals surface area contributed by atoms with Gasteiger partial charge in [-0.05, 0) is 38.5 Å². The Bertz CT molecular complexity index is 2150. The van der Waals surface area contributed by atoms with E-state index < -0.39 is 90.5 Å². The van der Waals surface area contributed by atoms with E-state index in [2.05, 4.69) is 46.6 Å². The molecule has 1 aliphatic rings. The Morgan fingerprint density at radius 3 is 2.12 bits per heavy atom. The molecule has 26 nitrogen and oxygen atoms in total. The number of nitrogens with two attached hydrogens (primary N) is 1. The number of nitrogen functional groups attached to an aromatic ring is 1. The van der Waals surface area contributed by atoms with Crippen molar-refractivity contribution in [1.82, 2.24) is 30.2 Å². The first-order chi connectivity index (χ1) is 32.4. The molecule has 392 valence electrons. The van der Waals surface area contributed by atoms with Gasteiger partial charge in [-0.2, -0.15) is 4.31 Å². The molecule has 30 heteroatoms. The average molecular weight is 1060 g/mol. The van der Waals surface area contributed by atoms with Crippen molar-refractivity contribution in [2.24, 2.45) is 5.41 Å². The van der Waals surface area contributed by atoms with Crippen LogP contribution in [0.2, 0.25) is 0 Å². The molecular formula is C39H66N7O19P3S. The molecule has 0 spiro atoms. The van der Waals surface area contributed by atoms with Crippen LogP contribution in [-0.4, -0.2) is 134 Å². The van der Waals surface area contributed by atoms with E-state index in [0.29, 0.717) is 12.2 Å². The highest BCUT2D eigenvalue weighted by Gasteiger charge is 2.50. The topological polar surface area (TPSA) is 401 Å². The van der Waals surface area contributed by atoms with E-state index in [9.17, 15) is 62.7 Å². The van der Waals surface area contributed by atoms with Gasteiger partial charge in [0, 0.05) is 43.5 Å². The van der Waals surface area contributed by atoms with Crippen molar-refractivity contribution in [1.29, 1.82) is 0 Å².